The van der Waals surface area contributed by atoms with Gasteiger partial charge in [0.2, 0.25) is 20.0 Å². The van der Waals surface area contributed by atoms with Crippen molar-refractivity contribution >= 4 is 25.7 Å². The predicted molar refractivity (Wildman–Crippen MR) is 81.0 cm³/mol. The first-order valence-electron chi connectivity index (χ1n) is 6.11. The Hall–Kier alpha value is -1.36. The van der Waals surface area contributed by atoms with Crippen LogP contribution in [0.25, 0.3) is 0 Å². The van der Waals surface area contributed by atoms with Crippen molar-refractivity contribution in [2.75, 3.05) is 37.4 Å². The third kappa shape index (κ3) is 7.27. The molecule has 4 N–H and O–H groups in total. The maximum atomic E-state index is 11.6. The first-order valence-corrected chi connectivity index (χ1v) is 9.41. The molecule has 21 heavy (non-hydrogen) atoms. The van der Waals surface area contributed by atoms with Crippen LogP contribution in [0.3, 0.4) is 0 Å². The number of nitrogen functional groups attached to an aromatic ring is 1. The summed E-state index contributed by atoms with van der Waals surface area (Å²) in [7, 11) is -5.74. The standard InChI is InChI=1S/C11H19N3O5S2/c1-13-20(15,16)8-6-14-21(17,18)9-7-19-11-4-2-10(12)3-5-11/h2-5,13-14H,6-9,12H2,1H3. The molecule has 0 unspecified atom stereocenters. The highest BCUT2D eigenvalue weighted by molar-refractivity contribution is 7.90. The van der Waals surface area contributed by atoms with E-state index in [0.717, 1.165) is 0 Å². The molecule has 0 heterocycles. The molecule has 1 rings (SSSR count). The van der Waals surface area contributed by atoms with Gasteiger partial charge >= 0.3 is 0 Å². The van der Waals surface area contributed by atoms with Crippen LogP contribution in [-0.2, 0) is 20.0 Å². The summed E-state index contributed by atoms with van der Waals surface area (Å²) < 4.78 is 55.1. The van der Waals surface area contributed by atoms with E-state index in [1.807, 2.05) is 0 Å². The largest absolute Gasteiger partial charge is 0.492 e. The van der Waals surface area contributed by atoms with Crippen molar-refractivity contribution in [1.82, 2.24) is 9.44 Å². The van der Waals surface area contributed by atoms with Crippen LogP contribution in [-0.4, -0.2) is 48.5 Å². The van der Waals surface area contributed by atoms with E-state index in [4.69, 9.17) is 10.5 Å². The summed E-state index contributed by atoms with van der Waals surface area (Å²) in [6.45, 7) is -0.231. The van der Waals surface area contributed by atoms with Crippen LogP contribution in [0.1, 0.15) is 0 Å². The summed E-state index contributed by atoms with van der Waals surface area (Å²) in [6, 6.07) is 6.55. The number of benzene rings is 1. The van der Waals surface area contributed by atoms with Gasteiger partial charge in [0.25, 0.3) is 0 Å². The van der Waals surface area contributed by atoms with Crippen LogP contribution in [0, 0.1) is 0 Å². The predicted octanol–water partition coefficient (Wildman–Crippen LogP) is -0.884. The third-order valence-electron chi connectivity index (χ3n) is 2.50. The fourth-order valence-corrected chi connectivity index (χ4v) is 2.90. The van der Waals surface area contributed by atoms with Crippen molar-refractivity contribution < 1.29 is 21.6 Å². The van der Waals surface area contributed by atoms with Gasteiger partial charge in [-0.1, -0.05) is 0 Å². The molecule has 0 radical (unpaired) electrons. The average molecular weight is 337 g/mol. The maximum Gasteiger partial charge on any atom is 0.214 e. The first kappa shape index (κ1) is 17.7. The molecule has 0 aliphatic heterocycles. The number of rotatable bonds is 9. The highest BCUT2D eigenvalue weighted by Gasteiger charge is 2.13. The SMILES string of the molecule is CNS(=O)(=O)CCNS(=O)(=O)CCOc1ccc(N)cc1. The van der Waals surface area contributed by atoms with Crippen molar-refractivity contribution in [3.05, 3.63) is 24.3 Å². The summed E-state index contributed by atoms with van der Waals surface area (Å²) in [6.07, 6.45) is 0. The van der Waals surface area contributed by atoms with E-state index in [-0.39, 0.29) is 24.7 Å². The first-order chi connectivity index (χ1) is 9.74. The van der Waals surface area contributed by atoms with Gasteiger partial charge in [0, 0.05) is 12.2 Å². The van der Waals surface area contributed by atoms with Crippen molar-refractivity contribution in [3.63, 3.8) is 0 Å². The highest BCUT2D eigenvalue weighted by atomic mass is 32.2. The van der Waals surface area contributed by atoms with Crippen molar-refractivity contribution in [1.29, 1.82) is 0 Å². The smallest absolute Gasteiger partial charge is 0.214 e. The molecule has 0 fully saturated rings. The Bertz CT molecular complexity index is 641. The molecule has 0 saturated heterocycles. The van der Waals surface area contributed by atoms with E-state index in [0.29, 0.717) is 11.4 Å². The van der Waals surface area contributed by atoms with Crippen LogP contribution < -0.4 is 19.9 Å². The van der Waals surface area contributed by atoms with E-state index in [9.17, 15) is 16.8 Å². The third-order valence-corrected chi connectivity index (χ3v) is 5.22. The molecule has 1 aromatic carbocycles. The quantitative estimate of drug-likeness (QED) is 0.502. The molecule has 120 valence electrons. The molecule has 0 saturated carbocycles. The number of ether oxygens (including phenoxy) is 1. The lowest BCUT2D eigenvalue weighted by molar-refractivity contribution is 0.340. The topological polar surface area (TPSA) is 128 Å². The molecular weight excluding hydrogens is 318 g/mol. The average Bonchev–Trinajstić information content (AvgIpc) is 2.40. The van der Waals surface area contributed by atoms with Gasteiger partial charge < -0.3 is 10.5 Å². The van der Waals surface area contributed by atoms with Gasteiger partial charge in [-0.05, 0) is 31.3 Å². The Kier molecular flexibility index (Phi) is 6.40. The molecule has 0 aromatic heterocycles. The molecule has 0 bridgehead atoms. The molecule has 0 amide bonds. The van der Waals surface area contributed by atoms with Crippen LogP contribution >= 0.6 is 0 Å². The molecule has 8 nitrogen and oxygen atoms in total. The fourth-order valence-electron chi connectivity index (χ4n) is 1.34. The minimum absolute atomic E-state index is 0.0436. The van der Waals surface area contributed by atoms with Crippen LogP contribution in [0.15, 0.2) is 24.3 Å². The van der Waals surface area contributed by atoms with Gasteiger partial charge in [0.15, 0.2) is 0 Å². The zero-order chi connectivity index (χ0) is 15.9. The second kappa shape index (κ2) is 7.59. The number of hydrogen-bond donors (Lipinski definition) is 3. The van der Waals surface area contributed by atoms with E-state index < -0.39 is 20.0 Å². The van der Waals surface area contributed by atoms with E-state index in [1.165, 1.54) is 7.05 Å². The molecule has 1 aromatic rings. The van der Waals surface area contributed by atoms with Crippen molar-refractivity contribution in [2.45, 2.75) is 0 Å². The van der Waals surface area contributed by atoms with Gasteiger partial charge in [-0.15, -0.1) is 0 Å². The normalized spacial score (nSPS) is 12.2. The summed E-state index contributed by atoms with van der Waals surface area (Å²) in [5.74, 6) is -0.0735. The van der Waals surface area contributed by atoms with Gasteiger partial charge in [0.05, 0.1) is 11.5 Å². The lowest BCUT2D eigenvalue weighted by Crippen LogP contribution is -2.35. The Morgan fingerprint density at radius 2 is 1.67 bits per heavy atom. The lowest BCUT2D eigenvalue weighted by Gasteiger charge is -2.08. The van der Waals surface area contributed by atoms with E-state index >= 15 is 0 Å². The molecule has 0 atom stereocenters. The summed E-state index contributed by atoms with van der Waals surface area (Å²) in [4.78, 5) is 0. The second-order valence-electron chi connectivity index (χ2n) is 4.15. The Morgan fingerprint density at radius 1 is 1.05 bits per heavy atom. The van der Waals surface area contributed by atoms with Gasteiger partial charge in [-0.25, -0.2) is 26.3 Å². The number of hydrogen-bond acceptors (Lipinski definition) is 6. The summed E-state index contributed by atoms with van der Waals surface area (Å²) in [5, 5.41) is 0. The molecule has 0 aliphatic carbocycles. The maximum absolute atomic E-state index is 11.6. The van der Waals surface area contributed by atoms with Crippen LogP contribution in [0.2, 0.25) is 0 Å². The van der Waals surface area contributed by atoms with Gasteiger partial charge in [0.1, 0.15) is 12.4 Å². The minimum atomic E-state index is -3.58. The van der Waals surface area contributed by atoms with Crippen molar-refractivity contribution in [2.24, 2.45) is 0 Å². The zero-order valence-corrected chi connectivity index (χ0v) is 13.2. The Morgan fingerprint density at radius 3 is 2.24 bits per heavy atom. The second-order valence-corrected chi connectivity index (χ2v) is 8.13. The summed E-state index contributed by atoms with van der Waals surface area (Å²) >= 11 is 0. The zero-order valence-electron chi connectivity index (χ0n) is 11.6. The highest BCUT2D eigenvalue weighted by Crippen LogP contribution is 2.12. The lowest BCUT2D eigenvalue weighted by atomic mass is 10.3. The number of anilines is 1. The summed E-state index contributed by atoms with van der Waals surface area (Å²) in [5.41, 5.74) is 6.10. The number of nitrogens with one attached hydrogen (secondary N) is 2. The minimum Gasteiger partial charge on any atom is -0.492 e. The van der Waals surface area contributed by atoms with Crippen LogP contribution in [0.4, 0.5) is 5.69 Å². The number of sulfonamides is 2. The Labute approximate surface area is 124 Å². The molecule has 0 aliphatic rings. The van der Waals surface area contributed by atoms with E-state index in [2.05, 4.69) is 9.44 Å². The van der Waals surface area contributed by atoms with Gasteiger partial charge in [-0.2, -0.15) is 0 Å². The number of nitrogens with two attached hydrogens (primary N) is 1. The molecule has 10 heteroatoms. The van der Waals surface area contributed by atoms with Crippen molar-refractivity contribution in [3.8, 4) is 5.75 Å². The molecule has 0 spiro atoms. The van der Waals surface area contributed by atoms with E-state index in [1.54, 1.807) is 24.3 Å². The fraction of sp³-hybridized carbons (Fsp3) is 0.455. The monoisotopic (exact) mass is 337 g/mol. The van der Waals surface area contributed by atoms with Crippen LogP contribution in [0.5, 0.6) is 5.75 Å². The van der Waals surface area contributed by atoms with Gasteiger partial charge in [-0.3, -0.25) is 0 Å². The molecular formula is C11H19N3O5S2. The Balaban J connectivity index is 2.34.